The number of hydrogen-bond acceptors (Lipinski definition) is 3. The fourth-order valence-corrected chi connectivity index (χ4v) is 1.19. The third-order valence-electron chi connectivity index (χ3n) is 2.13. The Bertz CT molecular complexity index is 444. The van der Waals surface area contributed by atoms with Crippen LogP contribution >= 0.6 is 0 Å². The molecule has 0 saturated carbocycles. The maximum atomic E-state index is 10.6. The summed E-state index contributed by atoms with van der Waals surface area (Å²) in [6.45, 7) is 2.09. The second-order valence-corrected chi connectivity index (χ2v) is 3.43. The van der Waals surface area contributed by atoms with Crippen molar-refractivity contribution in [2.75, 3.05) is 5.73 Å². The zero-order chi connectivity index (χ0) is 12.0. The predicted molar refractivity (Wildman–Crippen MR) is 63.9 cm³/mol. The molecule has 16 heavy (non-hydrogen) atoms. The number of anilines is 1. The summed E-state index contributed by atoms with van der Waals surface area (Å²) in [7, 11) is 0. The molecule has 0 atom stereocenters. The van der Waals surface area contributed by atoms with Gasteiger partial charge in [0.25, 0.3) is 5.69 Å². The molecule has 0 aromatic heterocycles. The number of nitro benzene ring substituents is 1. The fourth-order valence-electron chi connectivity index (χ4n) is 1.19. The Morgan fingerprint density at radius 1 is 1.50 bits per heavy atom. The zero-order valence-corrected chi connectivity index (χ0v) is 9.19. The summed E-state index contributed by atoms with van der Waals surface area (Å²) >= 11 is 0. The molecule has 2 N–H and O–H groups in total. The molecule has 0 amide bonds. The molecular formula is C12H14N2O2. The number of nitro groups is 1. The molecule has 0 aliphatic rings. The molecule has 1 aromatic carbocycles. The summed E-state index contributed by atoms with van der Waals surface area (Å²) in [4.78, 5) is 10.1. The van der Waals surface area contributed by atoms with Gasteiger partial charge in [-0.2, -0.15) is 0 Å². The van der Waals surface area contributed by atoms with E-state index >= 15 is 0 Å². The molecule has 0 bridgehead atoms. The SMILES string of the molecule is CCCCC#Cc1cc([N+](=O)[O-])ccc1N. The lowest BCUT2D eigenvalue weighted by molar-refractivity contribution is -0.384. The van der Waals surface area contributed by atoms with Gasteiger partial charge in [-0.1, -0.05) is 25.2 Å². The van der Waals surface area contributed by atoms with Crippen LogP contribution in [-0.2, 0) is 0 Å². The van der Waals surface area contributed by atoms with Gasteiger partial charge < -0.3 is 5.73 Å². The quantitative estimate of drug-likeness (QED) is 0.279. The van der Waals surface area contributed by atoms with Crippen LogP contribution in [0.1, 0.15) is 31.7 Å². The first-order valence-electron chi connectivity index (χ1n) is 5.18. The molecular weight excluding hydrogens is 204 g/mol. The first-order valence-corrected chi connectivity index (χ1v) is 5.18. The molecule has 0 saturated heterocycles. The molecule has 0 unspecified atom stereocenters. The topological polar surface area (TPSA) is 69.2 Å². The summed E-state index contributed by atoms with van der Waals surface area (Å²) in [6.07, 6.45) is 2.90. The highest BCUT2D eigenvalue weighted by Gasteiger charge is 2.06. The lowest BCUT2D eigenvalue weighted by Crippen LogP contribution is -1.93. The first kappa shape index (κ1) is 12.1. The highest BCUT2D eigenvalue weighted by atomic mass is 16.6. The third kappa shape index (κ3) is 3.28. The Morgan fingerprint density at radius 3 is 2.88 bits per heavy atom. The second-order valence-electron chi connectivity index (χ2n) is 3.43. The lowest BCUT2D eigenvalue weighted by Gasteiger charge is -1.97. The van der Waals surface area contributed by atoms with Crippen LogP contribution in [0.25, 0.3) is 0 Å². The standard InChI is InChI=1S/C12H14N2O2/c1-2-3-4-5-6-10-9-11(14(15)16)7-8-12(10)13/h7-9H,2-4,13H2,1H3. The number of hydrogen-bond donors (Lipinski definition) is 1. The van der Waals surface area contributed by atoms with Crippen LogP contribution in [0.3, 0.4) is 0 Å². The number of nitrogen functional groups attached to an aromatic ring is 1. The van der Waals surface area contributed by atoms with Crippen molar-refractivity contribution in [1.82, 2.24) is 0 Å². The van der Waals surface area contributed by atoms with Gasteiger partial charge in [0, 0.05) is 24.2 Å². The Hall–Kier alpha value is -2.02. The summed E-state index contributed by atoms with van der Waals surface area (Å²) in [5.41, 5.74) is 6.72. The van der Waals surface area contributed by atoms with Crippen LogP contribution in [-0.4, -0.2) is 4.92 Å². The lowest BCUT2D eigenvalue weighted by atomic mass is 10.1. The van der Waals surface area contributed by atoms with Gasteiger partial charge in [0.15, 0.2) is 0 Å². The van der Waals surface area contributed by atoms with Crippen LogP contribution in [0, 0.1) is 22.0 Å². The summed E-state index contributed by atoms with van der Waals surface area (Å²) in [5, 5.41) is 10.6. The average Bonchev–Trinajstić information content (AvgIpc) is 2.26. The van der Waals surface area contributed by atoms with Crippen molar-refractivity contribution in [3.63, 3.8) is 0 Å². The van der Waals surface area contributed by atoms with Gasteiger partial charge in [-0.25, -0.2) is 0 Å². The molecule has 0 aliphatic carbocycles. The van der Waals surface area contributed by atoms with Crippen LogP contribution in [0.4, 0.5) is 11.4 Å². The number of benzene rings is 1. The van der Waals surface area contributed by atoms with Crippen LogP contribution in [0.5, 0.6) is 0 Å². The average molecular weight is 218 g/mol. The van der Waals surface area contributed by atoms with Gasteiger partial charge in [0.1, 0.15) is 0 Å². The highest BCUT2D eigenvalue weighted by Crippen LogP contribution is 2.18. The van der Waals surface area contributed by atoms with E-state index in [1.807, 2.05) is 0 Å². The molecule has 1 rings (SSSR count). The third-order valence-corrected chi connectivity index (χ3v) is 2.13. The van der Waals surface area contributed by atoms with E-state index in [1.165, 1.54) is 18.2 Å². The van der Waals surface area contributed by atoms with Gasteiger partial charge in [0.2, 0.25) is 0 Å². The van der Waals surface area contributed by atoms with E-state index in [9.17, 15) is 10.1 Å². The molecule has 4 heteroatoms. The Kier molecular flexibility index (Phi) is 4.34. The second kappa shape index (κ2) is 5.76. The normalized spacial score (nSPS) is 9.31. The molecule has 1 aromatic rings. The summed E-state index contributed by atoms with van der Waals surface area (Å²) in [5.74, 6) is 5.82. The van der Waals surface area contributed by atoms with Crippen LogP contribution in [0.15, 0.2) is 18.2 Å². The number of nitrogens with zero attached hydrogens (tertiary/aromatic N) is 1. The van der Waals surface area contributed by atoms with Gasteiger partial charge in [0.05, 0.1) is 10.5 Å². The van der Waals surface area contributed by atoms with E-state index in [0.717, 1.165) is 19.3 Å². The molecule has 4 nitrogen and oxygen atoms in total. The molecule has 0 heterocycles. The number of non-ortho nitro benzene ring substituents is 1. The monoisotopic (exact) mass is 218 g/mol. The van der Waals surface area contributed by atoms with Crippen LogP contribution < -0.4 is 5.73 Å². The number of unbranched alkanes of at least 4 members (excludes halogenated alkanes) is 2. The van der Waals surface area contributed by atoms with Crippen molar-refractivity contribution in [2.45, 2.75) is 26.2 Å². The fraction of sp³-hybridized carbons (Fsp3) is 0.333. The minimum absolute atomic E-state index is 0.0222. The van der Waals surface area contributed by atoms with Crippen molar-refractivity contribution in [3.8, 4) is 11.8 Å². The maximum absolute atomic E-state index is 10.6. The predicted octanol–water partition coefficient (Wildman–Crippen LogP) is 2.72. The number of rotatable bonds is 3. The van der Waals surface area contributed by atoms with Crippen molar-refractivity contribution in [1.29, 1.82) is 0 Å². The summed E-state index contributed by atoms with van der Waals surface area (Å²) in [6, 6.07) is 4.31. The minimum atomic E-state index is -0.448. The largest absolute Gasteiger partial charge is 0.398 e. The zero-order valence-electron chi connectivity index (χ0n) is 9.19. The Morgan fingerprint density at radius 2 is 2.25 bits per heavy atom. The van der Waals surface area contributed by atoms with Crippen LogP contribution in [0.2, 0.25) is 0 Å². The van der Waals surface area contributed by atoms with Crippen molar-refractivity contribution in [3.05, 3.63) is 33.9 Å². The van der Waals surface area contributed by atoms with Gasteiger partial charge in [-0.05, 0) is 12.5 Å². The highest BCUT2D eigenvalue weighted by molar-refractivity contribution is 5.59. The van der Waals surface area contributed by atoms with Gasteiger partial charge in [-0.3, -0.25) is 10.1 Å². The maximum Gasteiger partial charge on any atom is 0.270 e. The number of nitrogens with two attached hydrogens (primary N) is 1. The van der Waals surface area contributed by atoms with E-state index in [1.54, 1.807) is 0 Å². The molecule has 0 spiro atoms. The first-order chi connectivity index (χ1) is 7.65. The van der Waals surface area contributed by atoms with Crippen molar-refractivity contribution in [2.24, 2.45) is 0 Å². The minimum Gasteiger partial charge on any atom is -0.398 e. The molecule has 0 radical (unpaired) electrons. The van der Waals surface area contributed by atoms with E-state index in [-0.39, 0.29) is 5.69 Å². The Labute approximate surface area is 94.6 Å². The smallest absolute Gasteiger partial charge is 0.270 e. The molecule has 84 valence electrons. The van der Waals surface area contributed by atoms with E-state index in [4.69, 9.17) is 5.73 Å². The molecule has 0 fully saturated rings. The van der Waals surface area contributed by atoms with Gasteiger partial charge in [-0.15, -0.1) is 0 Å². The molecule has 0 aliphatic heterocycles. The summed E-state index contributed by atoms with van der Waals surface area (Å²) < 4.78 is 0. The van der Waals surface area contributed by atoms with Crippen molar-refractivity contribution >= 4 is 11.4 Å². The van der Waals surface area contributed by atoms with Crippen molar-refractivity contribution < 1.29 is 4.92 Å². The Balaban J connectivity index is 2.88. The van der Waals surface area contributed by atoms with Gasteiger partial charge >= 0.3 is 0 Å². The van der Waals surface area contributed by atoms with E-state index < -0.39 is 4.92 Å². The van der Waals surface area contributed by atoms with E-state index in [0.29, 0.717) is 11.3 Å². The van der Waals surface area contributed by atoms with E-state index in [2.05, 4.69) is 18.8 Å².